The Morgan fingerprint density at radius 1 is 0.429 bits per heavy atom. The van der Waals surface area contributed by atoms with Crippen molar-refractivity contribution in [2.24, 2.45) is 17.8 Å². The van der Waals surface area contributed by atoms with Gasteiger partial charge in [0.15, 0.2) is 35.6 Å². The number of fused-ring (bicyclic) bond motifs is 3. The second kappa shape index (κ2) is 38.5. The molecule has 9 heterocycles. The van der Waals surface area contributed by atoms with Gasteiger partial charge in [-0.15, -0.1) is 0 Å². The van der Waals surface area contributed by atoms with Crippen molar-refractivity contribution in [1.82, 2.24) is 43.6 Å². The van der Waals surface area contributed by atoms with Gasteiger partial charge in [-0.1, -0.05) is 75.4 Å². The molecule has 0 amide bonds. The van der Waals surface area contributed by atoms with Crippen LogP contribution in [0.5, 0.6) is 17.2 Å². The Labute approximate surface area is 718 Å². The summed E-state index contributed by atoms with van der Waals surface area (Å²) in [6.07, 6.45) is -15.4. The summed E-state index contributed by atoms with van der Waals surface area (Å²) in [5, 5.41) is 33.4. The van der Waals surface area contributed by atoms with Crippen molar-refractivity contribution in [3.8, 4) is 17.2 Å². The van der Waals surface area contributed by atoms with Gasteiger partial charge in [0.05, 0.1) is 70.7 Å². The third kappa shape index (κ3) is 21.5. The van der Waals surface area contributed by atoms with E-state index >= 15 is 13.2 Å². The van der Waals surface area contributed by atoms with Crippen molar-refractivity contribution in [3.63, 3.8) is 0 Å². The van der Waals surface area contributed by atoms with Crippen molar-refractivity contribution >= 4 is 91.6 Å². The number of benzene rings is 3. The number of para-hydroxylation sites is 3. The maximum Gasteiger partial charge on any atom is 0.380 e. The first-order valence-electron chi connectivity index (χ1n) is 39.9. The summed E-state index contributed by atoms with van der Waals surface area (Å²) < 4.78 is 206. The number of aliphatic hydroxyl groups excluding tert-OH is 3. The van der Waals surface area contributed by atoms with E-state index in [1.165, 1.54) is 136 Å². The zero-order chi connectivity index (χ0) is 93.1. The number of carbonyl (C=O) groups is 3. The van der Waals surface area contributed by atoms with E-state index < -0.39 is 221 Å². The third-order valence-corrected chi connectivity index (χ3v) is 27.2. The number of H-pyrrole nitrogens is 3. The van der Waals surface area contributed by atoms with Gasteiger partial charge in [-0.05, 0) is 138 Å². The minimum absolute atomic E-state index is 0.0329. The molecule has 0 saturated carbocycles. The van der Waals surface area contributed by atoms with Crippen LogP contribution in [0.2, 0.25) is 0 Å². The first kappa shape index (κ1) is 98.2. The Balaban J connectivity index is 0.000000197. The van der Waals surface area contributed by atoms with Gasteiger partial charge in [-0.2, -0.15) is 15.0 Å². The molecule has 690 valence electrons. The Morgan fingerprint density at radius 3 is 0.857 bits per heavy atom. The predicted octanol–water partition coefficient (Wildman–Crippen LogP) is 11.7. The number of halogens is 6. The molecule has 45 heteroatoms. The Kier molecular flexibility index (Phi) is 30.0. The first-order chi connectivity index (χ1) is 58.8. The monoisotopic (exact) mass is 1840 g/mol. The maximum atomic E-state index is 16.3. The van der Waals surface area contributed by atoms with Gasteiger partial charge >= 0.3 is 40.7 Å². The largest absolute Gasteiger partial charge is 0.463 e. The van der Waals surface area contributed by atoms with E-state index in [2.05, 4.69) is 29.9 Å². The average Bonchev–Trinajstić information content (AvgIpc) is 1.58. The van der Waals surface area contributed by atoms with Crippen molar-refractivity contribution < 1.29 is 125 Å². The highest BCUT2D eigenvalue weighted by Crippen LogP contribution is 2.60. The van der Waals surface area contributed by atoms with Crippen LogP contribution in [0.15, 0.2) is 142 Å². The summed E-state index contributed by atoms with van der Waals surface area (Å²) in [6.45, 7) is 17.7. The zero-order valence-corrected chi connectivity index (χ0v) is 74.2. The summed E-state index contributed by atoms with van der Waals surface area (Å²) >= 11 is 0. The van der Waals surface area contributed by atoms with Crippen LogP contribution in [-0.2, 0) is 70.1 Å². The Morgan fingerprint density at radius 2 is 0.651 bits per heavy atom. The van der Waals surface area contributed by atoms with Crippen molar-refractivity contribution in [3.05, 3.63) is 159 Å². The summed E-state index contributed by atoms with van der Waals surface area (Å²) in [5.41, 5.74) is 0.428. The fourth-order valence-electron chi connectivity index (χ4n) is 14.6. The molecule has 18 atom stereocenters. The highest BCUT2D eigenvalue weighted by atomic mass is 31.2. The van der Waals surface area contributed by atoms with E-state index in [1.54, 1.807) is 96.1 Å². The van der Waals surface area contributed by atoms with Gasteiger partial charge in [0.2, 0.25) is 34.9 Å². The number of esters is 3. The highest BCUT2D eigenvalue weighted by molar-refractivity contribution is 7.55. The predicted molar refractivity (Wildman–Crippen MR) is 449 cm³/mol. The number of nitrogens with zero attached hydrogens (tertiary/aromatic N) is 6. The number of rotatable bonds is 33. The second-order valence-electron chi connectivity index (χ2n) is 33.3. The lowest BCUT2D eigenvalue weighted by atomic mass is 9.89. The number of nitrogens with two attached hydrogens (primary N) is 3. The molecular formula is C81H105F6N12O24P3. The lowest BCUT2D eigenvalue weighted by Crippen LogP contribution is -2.51. The molecular weight excluding hydrogens is 1730 g/mol. The van der Waals surface area contributed by atoms with Crippen molar-refractivity contribution in [2.75, 3.05) is 55.7 Å². The first-order valence-corrected chi connectivity index (χ1v) is 45.1. The van der Waals surface area contributed by atoms with E-state index in [1.807, 2.05) is 0 Å². The van der Waals surface area contributed by atoms with Gasteiger partial charge in [0.1, 0.15) is 90.7 Å². The van der Waals surface area contributed by atoms with Crippen LogP contribution in [0.4, 0.5) is 44.2 Å². The van der Waals surface area contributed by atoms with Crippen molar-refractivity contribution in [1.29, 1.82) is 0 Å². The standard InChI is InChI=1S/3C27H35F2N4O8P/c3*1-15(2)38-23(36)16(3)13-42(37,40-17-9-7-6-8-10-17)41-26(4,5)20-19(34)27(29,14-28)24(39-20)33-12-11-18-21(33)31-25(30)32-22(18)35/h3*6-12,15-16,19-20,24,34H,13-14H2,1-5H3,(H3,30,31,32,35)/t16-,19+,20+,24-,27?,42?;16-,19+,20+,24-,27?,42+;16-,19+,20+,24-,27?,42-/m111/s1. The maximum absolute atomic E-state index is 16.3. The minimum Gasteiger partial charge on any atom is -0.463 e. The fraction of sp³-hybridized carbons (Fsp3) is 0.519. The van der Waals surface area contributed by atoms with Crippen LogP contribution in [0.1, 0.15) is 123 Å². The number of ether oxygens (including phenoxy) is 6. The number of carbonyl (C=O) groups excluding carboxylic acids is 3. The summed E-state index contributed by atoms with van der Waals surface area (Å²) in [4.78, 5) is 93.6. The van der Waals surface area contributed by atoms with Gasteiger partial charge < -0.3 is 88.2 Å². The quantitative estimate of drug-likeness (QED) is 0.00798. The number of aromatic nitrogens is 9. The number of anilines is 3. The van der Waals surface area contributed by atoms with Gasteiger partial charge in [-0.25, -0.2) is 40.0 Å². The molecule has 6 aromatic heterocycles. The van der Waals surface area contributed by atoms with Crippen LogP contribution in [0, 0.1) is 17.8 Å². The normalized spacial score (nSPS) is 24.9. The SMILES string of the molecule is CC(C)OC(=O)[C@H](C)CP(=O)(Oc1ccccc1)OC(C)(C)[C@H]1O[C@@H](n2ccc3c(=O)[nH]c(N)nc32)C(F)(CF)[C@H]1O.CC(C)OC(=O)[C@H](C)C[P@@](=O)(Oc1ccccc1)OC(C)(C)[C@H]1O[C@@H](n2ccc3c(=O)[nH]c(N)nc32)C(F)(CF)[C@H]1O.CC(C)OC(=O)[C@H](C)C[P@](=O)(Oc1ccccc1)OC(C)(C)[C@H]1O[C@@H](n2ccc3c(=O)[nH]c(N)nc32)C(F)(CF)[C@H]1O. The summed E-state index contributed by atoms with van der Waals surface area (Å²) in [5.74, 6) is -5.01. The van der Waals surface area contributed by atoms with E-state index in [9.17, 15) is 71.0 Å². The molecule has 36 nitrogen and oxygen atoms in total. The molecule has 9 aromatic rings. The smallest absolute Gasteiger partial charge is 0.380 e. The molecule has 3 aliphatic rings. The number of aliphatic hydroxyl groups is 3. The van der Waals surface area contributed by atoms with E-state index in [0.29, 0.717) is 0 Å². The number of aromatic amines is 3. The highest BCUT2D eigenvalue weighted by Gasteiger charge is 2.67. The number of hydrogen-bond acceptors (Lipinski definition) is 30. The molecule has 12 rings (SSSR count). The molecule has 3 aromatic carbocycles. The molecule has 126 heavy (non-hydrogen) atoms. The number of nitrogens with one attached hydrogen (secondary N) is 3. The molecule has 3 aliphatic heterocycles. The third-order valence-electron chi connectivity index (χ3n) is 20.5. The van der Waals surface area contributed by atoms with Crippen LogP contribution in [-0.4, -0.2) is 204 Å². The molecule has 3 saturated heterocycles. The van der Waals surface area contributed by atoms with E-state index in [4.69, 9.17) is 72.8 Å². The van der Waals surface area contributed by atoms with E-state index in [-0.39, 0.29) is 68.2 Å². The Bertz CT molecular complexity index is 5130. The number of nitrogen functional groups attached to an aromatic ring is 3. The lowest BCUT2D eigenvalue weighted by molar-refractivity contribution is -0.152. The molecule has 12 N–H and O–H groups in total. The zero-order valence-electron chi connectivity index (χ0n) is 71.5. The topological polar surface area (TPSA) is 504 Å². The van der Waals surface area contributed by atoms with E-state index in [0.717, 1.165) is 13.7 Å². The van der Waals surface area contributed by atoms with Gasteiger partial charge in [-0.3, -0.25) is 57.3 Å². The second-order valence-corrected chi connectivity index (χ2v) is 39.2. The van der Waals surface area contributed by atoms with Crippen LogP contribution >= 0.6 is 22.8 Å². The molecule has 0 radical (unpaired) electrons. The van der Waals surface area contributed by atoms with Crippen LogP contribution in [0.25, 0.3) is 33.1 Å². The fourth-order valence-corrected chi connectivity index (χ4v) is 21.4. The molecule has 0 bridgehead atoms. The average molecular weight is 1840 g/mol. The molecule has 3 fully saturated rings. The number of hydrogen-bond donors (Lipinski definition) is 9. The molecule has 0 spiro atoms. The molecule has 0 aliphatic carbocycles. The number of alkyl halides is 6. The van der Waals surface area contributed by atoms with Gasteiger partial charge in [0, 0.05) is 18.6 Å². The van der Waals surface area contributed by atoms with Crippen LogP contribution < -0.4 is 47.5 Å². The summed E-state index contributed by atoms with van der Waals surface area (Å²) in [6, 6.07) is 28.2. The van der Waals surface area contributed by atoms with Crippen LogP contribution in [0.3, 0.4) is 0 Å². The van der Waals surface area contributed by atoms with Gasteiger partial charge in [0.25, 0.3) is 16.7 Å². The Hall–Kier alpha value is -9.96. The molecule has 4 unspecified atom stereocenters. The van der Waals surface area contributed by atoms with Crippen molar-refractivity contribution in [2.45, 2.75) is 211 Å². The minimum atomic E-state index is -4.27. The summed E-state index contributed by atoms with van der Waals surface area (Å²) in [7, 11) is -12.8. The lowest BCUT2D eigenvalue weighted by Gasteiger charge is -2.36.